The molecular formula is C13H16N4O2. The Hall–Kier alpha value is -2.08. The normalized spacial score (nSPS) is 18.9. The molecule has 19 heavy (non-hydrogen) atoms. The van der Waals surface area contributed by atoms with E-state index in [-0.39, 0.29) is 0 Å². The molecule has 1 atom stereocenters. The first-order chi connectivity index (χ1) is 9.15. The number of carbonyl (C=O) groups excluding carboxylic acids is 1. The summed E-state index contributed by atoms with van der Waals surface area (Å²) in [7, 11) is 0. The standard InChI is InChI=1S/C13H16N4O2/c1-7-2-3-9-10(11(7)19-13(14)18)17-12(16-9)8-4-5-15-6-8/h2-3,8,15H,4-6H2,1H3,(H2,14,18)(H,16,17). The topological polar surface area (TPSA) is 93.0 Å². The summed E-state index contributed by atoms with van der Waals surface area (Å²) in [6.45, 7) is 3.79. The fraction of sp³-hybridized carbons (Fsp3) is 0.385. The van der Waals surface area contributed by atoms with Gasteiger partial charge in [0.25, 0.3) is 0 Å². The van der Waals surface area contributed by atoms with Crippen LogP contribution in [0.25, 0.3) is 11.0 Å². The molecule has 4 N–H and O–H groups in total. The fourth-order valence-corrected chi connectivity index (χ4v) is 2.48. The van der Waals surface area contributed by atoms with Crippen molar-refractivity contribution in [2.24, 2.45) is 5.73 Å². The molecule has 0 saturated carbocycles. The molecule has 6 nitrogen and oxygen atoms in total. The number of fused-ring (bicyclic) bond motifs is 1. The first-order valence-corrected chi connectivity index (χ1v) is 6.32. The van der Waals surface area contributed by atoms with E-state index in [1.54, 1.807) is 0 Å². The van der Waals surface area contributed by atoms with Crippen LogP contribution in [0.15, 0.2) is 12.1 Å². The van der Waals surface area contributed by atoms with Crippen LogP contribution in [0.1, 0.15) is 23.7 Å². The van der Waals surface area contributed by atoms with Crippen LogP contribution in [-0.4, -0.2) is 29.2 Å². The van der Waals surface area contributed by atoms with Gasteiger partial charge in [0, 0.05) is 12.5 Å². The van der Waals surface area contributed by atoms with Gasteiger partial charge >= 0.3 is 6.09 Å². The molecule has 1 unspecified atom stereocenters. The number of nitrogens with two attached hydrogens (primary N) is 1. The van der Waals surface area contributed by atoms with Crippen molar-refractivity contribution in [1.29, 1.82) is 0 Å². The summed E-state index contributed by atoms with van der Waals surface area (Å²) >= 11 is 0. The molecule has 1 amide bonds. The Balaban J connectivity index is 2.08. The molecule has 1 aliphatic rings. The highest BCUT2D eigenvalue weighted by Crippen LogP contribution is 2.30. The summed E-state index contributed by atoms with van der Waals surface area (Å²) in [5.41, 5.74) is 7.48. The van der Waals surface area contributed by atoms with Gasteiger partial charge in [-0.1, -0.05) is 6.07 Å². The zero-order valence-electron chi connectivity index (χ0n) is 10.7. The third-order valence-corrected chi connectivity index (χ3v) is 3.47. The number of aryl methyl sites for hydroxylation is 1. The summed E-state index contributed by atoms with van der Waals surface area (Å²) in [5.74, 6) is 1.76. The first kappa shape index (κ1) is 12.0. The number of amides is 1. The third kappa shape index (κ3) is 2.15. The maximum absolute atomic E-state index is 11.0. The second kappa shape index (κ2) is 4.55. The summed E-state index contributed by atoms with van der Waals surface area (Å²) in [6, 6.07) is 3.83. The van der Waals surface area contributed by atoms with E-state index < -0.39 is 6.09 Å². The van der Waals surface area contributed by atoms with E-state index in [2.05, 4.69) is 15.3 Å². The summed E-state index contributed by atoms with van der Waals surface area (Å²) in [4.78, 5) is 18.9. The predicted molar refractivity (Wildman–Crippen MR) is 71.3 cm³/mol. The number of hydrogen-bond acceptors (Lipinski definition) is 4. The molecule has 100 valence electrons. The molecule has 0 aliphatic carbocycles. The van der Waals surface area contributed by atoms with E-state index in [0.29, 0.717) is 17.2 Å². The number of ether oxygens (including phenoxy) is 1. The van der Waals surface area contributed by atoms with E-state index in [9.17, 15) is 4.79 Å². The van der Waals surface area contributed by atoms with Crippen LogP contribution >= 0.6 is 0 Å². The molecule has 6 heteroatoms. The van der Waals surface area contributed by atoms with Crippen LogP contribution < -0.4 is 15.8 Å². The molecule has 0 spiro atoms. The van der Waals surface area contributed by atoms with Gasteiger partial charge in [-0.25, -0.2) is 9.78 Å². The summed E-state index contributed by atoms with van der Waals surface area (Å²) in [5, 5.41) is 3.31. The van der Waals surface area contributed by atoms with Gasteiger partial charge in [-0.05, 0) is 31.5 Å². The number of aromatic amines is 1. The lowest BCUT2D eigenvalue weighted by molar-refractivity contribution is 0.211. The molecular weight excluding hydrogens is 244 g/mol. The van der Waals surface area contributed by atoms with Crippen LogP contribution in [0.5, 0.6) is 5.75 Å². The number of imidazole rings is 1. The summed E-state index contributed by atoms with van der Waals surface area (Å²) in [6.07, 6.45) is 0.243. The average molecular weight is 260 g/mol. The number of aromatic nitrogens is 2. The zero-order chi connectivity index (χ0) is 13.4. The molecule has 1 aromatic heterocycles. The van der Waals surface area contributed by atoms with Gasteiger partial charge in [0.2, 0.25) is 0 Å². The van der Waals surface area contributed by atoms with Crippen LogP contribution in [0.4, 0.5) is 4.79 Å². The third-order valence-electron chi connectivity index (χ3n) is 3.47. The van der Waals surface area contributed by atoms with Crippen molar-refractivity contribution in [3.05, 3.63) is 23.5 Å². The minimum atomic E-state index is -0.817. The molecule has 1 saturated heterocycles. The van der Waals surface area contributed by atoms with Crippen molar-refractivity contribution in [2.75, 3.05) is 13.1 Å². The zero-order valence-corrected chi connectivity index (χ0v) is 10.7. The molecule has 1 fully saturated rings. The number of rotatable bonds is 2. The number of benzene rings is 1. The van der Waals surface area contributed by atoms with Crippen molar-refractivity contribution in [3.8, 4) is 5.75 Å². The molecule has 3 rings (SSSR count). The Morgan fingerprint density at radius 2 is 2.37 bits per heavy atom. The molecule has 1 aromatic carbocycles. The van der Waals surface area contributed by atoms with Crippen molar-refractivity contribution >= 4 is 17.1 Å². The van der Waals surface area contributed by atoms with Gasteiger partial charge in [0.1, 0.15) is 11.3 Å². The van der Waals surface area contributed by atoms with Crippen molar-refractivity contribution in [1.82, 2.24) is 15.3 Å². The highest BCUT2D eigenvalue weighted by molar-refractivity contribution is 5.86. The van der Waals surface area contributed by atoms with Gasteiger partial charge in [-0.3, -0.25) is 0 Å². The quantitative estimate of drug-likeness (QED) is 0.761. The van der Waals surface area contributed by atoms with Crippen molar-refractivity contribution < 1.29 is 9.53 Å². The van der Waals surface area contributed by atoms with Gasteiger partial charge in [-0.15, -0.1) is 0 Å². The second-order valence-electron chi connectivity index (χ2n) is 4.84. The van der Waals surface area contributed by atoms with Crippen LogP contribution in [0.3, 0.4) is 0 Å². The molecule has 0 radical (unpaired) electrons. The smallest absolute Gasteiger partial charge is 0.408 e. The van der Waals surface area contributed by atoms with E-state index in [1.807, 2.05) is 19.1 Å². The highest BCUT2D eigenvalue weighted by atomic mass is 16.5. The largest absolute Gasteiger partial charge is 0.410 e. The average Bonchev–Trinajstić information content (AvgIpc) is 3.00. The highest BCUT2D eigenvalue weighted by Gasteiger charge is 2.21. The molecule has 0 bridgehead atoms. The van der Waals surface area contributed by atoms with Crippen molar-refractivity contribution in [3.63, 3.8) is 0 Å². The van der Waals surface area contributed by atoms with Gasteiger partial charge < -0.3 is 20.8 Å². The fourth-order valence-electron chi connectivity index (χ4n) is 2.48. The van der Waals surface area contributed by atoms with Crippen LogP contribution in [0, 0.1) is 6.92 Å². The van der Waals surface area contributed by atoms with Crippen LogP contribution in [0.2, 0.25) is 0 Å². The minimum absolute atomic E-state index is 0.383. The van der Waals surface area contributed by atoms with E-state index in [1.165, 1.54) is 0 Å². The Morgan fingerprint density at radius 3 is 3.05 bits per heavy atom. The predicted octanol–water partition coefficient (Wildman–Crippen LogP) is 1.41. The number of nitrogens with zero attached hydrogens (tertiary/aromatic N) is 1. The van der Waals surface area contributed by atoms with Gasteiger partial charge in [0.15, 0.2) is 5.75 Å². The number of carbonyl (C=O) groups is 1. The monoisotopic (exact) mass is 260 g/mol. The number of H-pyrrole nitrogens is 1. The Kier molecular flexibility index (Phi) is 2.87. The SMILES string of the molecule is Cc1ccc2[nH]c(C3CCNC3)nc2c1OC(N)=O. The van der Waals surface area contributed by atoms with E-state index in [4.69, 9.17) is 10.5 Å². The minimum Gasteiger partial charge on any atom is -0.408 e. The number of hydrogen-bond donors (Lipinski definition) is 3. The Morgan fingerprint density at radius 1 is 1.53 bits per heavy atom. The van der Waals surface area contributed by atoms with Gasteiger partial charge in [-0.2, -0.15) is 0 Å². The maximum Gasteiger partial charge on any atom is 0.410 e. The molecule has 2 aromatic rings. The molecule has 1 aliphatic heterocycles. The number of primary amides is 1. The molecule has 2 heterocycles. The Labute approximate surface area is 110 Å². The van der Waals surface area contributed by atoms with Crippen LogP contribution in [-0.2, 0) is 0 Å². The van der Waals surface area contributed by atoms with E-state index in [0.717, 1.165) is 36.4 Å². The lowest BCUT2D eigenvalue weighted by Crippen LogP contribution is -2.17. The van der Waals surface area contributed by atoms with Crippen molar-refractivity contribution in [2.45, 2.75) is 19.3 Å². The maximum atomic E-state index is 11.0. The Bertz CT molecular complexity index is 629. The number of nitrogens with one attached hydrogen (secondary N) is 2. The lowest BCUT2D eigenvalue weighted by Gasteiger charge is -2.04. The summed E-state index contributed by atoms with van der Waals surface area (Å²) < 4.78 is 5.07. The second-order valence-corrected chi connectivity index (χ2v) is 4.84. The first-order valence-electron chi connectivity index (χ1n) is 6.32. The van der Waals surface area contributed by atoms with E-state index >= 15 is 0 Å². The lowest BCUT2D eigenvalue weighted by atomic mass is 10.1. The van der Waals surface area contributed by atoms with Gasteiger partial charge in [0.05, 0.1) is 5.52 Å².